The van der Waals surface area contributed by atoms with Crippen molar-refractivity contribution in [1.29, 1.82) is 0 Å². The third-order valence-corrected chi connectivity index (χ3v) is 4.77. The molecule has 0 saturated heterocycles. The van der Waals surface area contributed by atoms with E-state index in [1.54, 1.807) is 0 Å². The van der Waals surface area contributed by atoms with Crippen molar-refractivity contribution in [2.45, 2.75) is 32.7 Å². The average molecular weight is 339 g/mol. The molecular weight excluding hydrogens is 314 g/mol. The molecule has 1 atom stereocenters. The Morgan fingerprint density at radius 2 is 1.96 bits per heavy atom. The maximum atomic E-state index is 12.8. The summed E-state index contributed by atoms with van der Waals surface area (Å²) in [4.78, 5) is 14.6. The normalized spacial score (nSPS) is 14.7. The predicted molar refractivity (Wildman–Crippen MR) is 99.1 cm³/mol. The molecule has 4 nitrogen and oxygen atoms in total. The maximum Gasteiger partial charge on any atom is 0.258 e. The van der Waals surface area contributed by atoms with Gasteiger partial charge in [-0.05, 0) is 48.2 Å². The summed E-state index contributed by atoms with van der Waals surface area (Å²) < 4.78 is 5.40. The van der Waals surface area contributed by atoms with E-state index in [0.29, 0.717) is 19.8 Å². The molecule has 1 unspecified atom stereocenters. The van der Waals surface area contributed by atoms with E-state index < -0.39 is 0 Å². The minimum absolute atomic E-state index is 0.0521. The third kappa shape index (κ3) is 3.75. The highest BCUT2D eigenvalue weighted by Gasteiger charge is 2.28. The zero-order valence-corrected chi connectivity index (χ0v) is 14.9. The first kappa shape index (κ1) is 17.6. The lowest BCUT2D eigenvalue weighted by Gasteiger charge is -2.17. The Morgan fingerprint density at radius 3 is 2.64 bits per heavy atom. The van der Waals surface area contributed by atoms with Gasteiger partial charge < -0.3 is 14.7 Å². The number of benzene rings is 2. The number of carbonyl (C=O) groups excluding carboxylic acids is 1. The maximum absolute atomic E-state index is 12.8. The highest BCUT2D eigenvalue weighted by atomic mass is 16.5. The Balaban J connectivity index is 1.76. The molecule has 0 fully saturated rings. The van der Waals surface area contributed by atoms with Gasteiger partial charge in [0.25, 0.3) is 5.91 Å². The van der Waals surface area contributed by atoms with Gasteiger partial charge >= 0.3 is 0 Å². The zero-order valence-electron chi connectivity index (χ0n) is 14.9. The van der Waals surface area contributed by atoms with Crippen LogP contribution in [-0.2, 0) is 17.7 Å². The van der Waals surface area contributed by atoms with Crippen LogP contribution in [0.25, 0.3) is 0 Å². The van der Waals surface area contributed by atoms with E-state index >= 15 is 0 Å². The van der Waals surface area contributed by atoms with Crippen molar-refractivity contribution in [2.75, 3.05) is 24.7 Å². The Kier molecular flexibility index (Phi) is 5.51. The minimum Gasteiger partial charge on any atom is -0.396 e. The Hall–Kier alpha value is -2.17. The summed E-state index contributed by atoms with van der Waals surface area (Å²) in [5, 5.41) is 9.26. The summed E-state index contributed by atoms with van der Waals surface area (Å²) in [5.74, 6) is 0.157. The molecule has 1 heterocycles. The molecule has 0 spiro atoms. The molecule has 3 rings (SSSR count). The zero-order chi connectivity index (χ0) is 17.8. The molecule has 1 N–H and O–H groups in total. The fourth-order valence-corrected chi connectivity index (χ4v) is 3.13. The summed E-state index contributed by atoms with van der Waals surface area (Å²) in [6.45, 7) is 6.08. The lowest BCUT2D eigenvalue weighted by molar-refractivity contribution is 0.0996. The summed E-state index contributed by atoms with van der Waals surface area (Å²) in [7, 11) is 0. The molecule has 0 aliphatic carbocycles. The fourth-order valence-electron chi connectivity index (χ4n) is 3.13. The van der Waals surface area contributed by atoms with Crippen LogP contribution in [0.2, 0.25) is 0 Å². The highest BCUT2D eigenvalue weighted by molar-refractivity contribution is 6.10. The first-order valence-electron chi connectivity index (χ1n) is 8.86. The lowest BCUT2D eigenvalue weighted by Crippen LogP contribution is -2.23. The predicted octanol–water partition coefficient (Wildman–Crippen LogP) is 3.52. The number of hydrogen-bond acceptors (Lipinski definition) is 3. The number of aliphatic hydroxyl groups is 1. The topological polar surface area (TPSA) is 49.8 Å². The molecule has 4 heteroatoms. The molecule has 0 bridgehead atoms. The quantitative estimate of drug-likeness (QED) is 0.785. The van der Waals surface area contributed by atoms with Crippen LogP contribution in [0.15, 0.2) is 42.5 Å². The highest BCUT2D eigenvalue weighted by Crippen LogP contribution is 2.30. The van der Waals surface area contributed by atoms with Crippen molar-refractivity contribution in [2.24, 2.45) is 0 Å². The number of hydrogen-bond donors (Lipinski definition) is 1. The van der Waals surface area contributed by atoms with Gasteiger partial charge in [-0.15, -0.1) is 0 Å². The first-order valence-corrected chi connectivity index (χ1v) is 8.86. The molecule has 1 aliphatic heterocycles. The number of rotatable bonds is 7. The summed E-state index contributed by atoms with van der Waals surface area (Å²) in [6, 6.07) is 14.0. The van der Waals surface area contributed by atoms with Gasteiger partial charge in [-0.2, -0.15) is 0 Å². The van der Waals surface area contributed by atoms with Crippen molar-refractivity contribution < 1.29 is 14.6 Å². The summed E-state index contributed by atoms with van der Waals surface area (Å²) >= 11 is 0. The second-order valence-electron chi connectivity index (χ2n) is 6.50. The van der Waals surface area contributed by atoms with E-state index in [2.05, 4.69) is 12.1 Å². The van der Waals surface area contributed by atoms with Gasteiger partial charge in [0.2, 0.25) is 0 Å². The number of amides is 1. The number of aliphatic hydroxyl groups excluding tert-OH is 1. The molecule has 2 aromatic rings. The summed E-state index contributed by atoms with van der Waals surface area (Å²) in [6.07, 6.45) is 0.822. The van der Waals surface area contributed by atoms with E-state index in [-0.39, 0.29) is 18.4 Å². The van der Waals surface area contributed by atoms with Gasteiger partial charge in [-0.25, -0.2) is 0 Å². The third-order valence-electron chi connectivity index (χ3n) is 4.77. The number of anilines is 1. The van der Waals surface area contributed by atoms with Crippen molar-refractivity contribution in [3.63, 3.8) is 0 Å². The monoisotopic (exact) mass is 339 g/mol. The SMILES string of the molecule is CCOCCc1ccc2c(c1)C(=O)N(c1ccc(C(C)CO)cc1)C2. The van der Waals surface area contributed by atoms with Gasteiger partial charge in [-0.1, -0.05) is 31.2 Å². The number of nitrogens with zero attached hydrogens (tertiary/aromatic N) is 1. The Labute approximate surface area is 149 Å². The smallest absolute Gasteiger partial charge is 0.258 e. The number of ether oxygens (including phenoxy) is 1. The van der Waals surface area contributed by atoms with E-state index in [1.165, 1.54) is 0 Å². The standard InChI is InChI=1S/C21H25NO3/c1-3-25-11-10-16-4-5-18-13-22(21(24)20(18)12-16)19-8-6-17(7-9-19)15(2)14-23/h4-9,12,15,23H,3,10-11,13-14H2,1-2H3. The number of carbonyl (C=O) groups is 1. The largest absolute Gasteiger partial charge is 0.396 e. The van der Waals surface area contributed by atoms with E-state index in [0.717, 1.165) is 34.4 Å². The lowest BCUT2D eigenvalue weighted by atomic mass is 10.0. The molecule has 1 amide bonds. The van der Waals surface area contributed by atoms with Crippen molar-refractivity contribution >= 4 is 11.6 Å². The van der Waals surface area contributed by atoms with Crippen LogP contribution < -0.4 is 4.90 Å². The fraction of sp³-hybridized carbons (Fsp3) is 0.381. The molecule has 1 aliphatic rings. The summed E-state index contributed by atoms with van der Waals surface area (Å²) in [5.41, 5.74) is 4.97. The van der Waals surface area contributed by atoms with Gasteiger partial charge in [0.1, 0.15) is 0 Å². The molecule has 132 valence electrons. The van der Waals surface area contributed by atoms with Crippen molar-refractivity contribution in [1.82, 2.24) is 0 Å². The Morgan fingerprint density at radius 1 is 1.20 bits per heavy atom. The number of fused-ring (bicyclic) bond motifs is 1. The Bertz CT molecular complexity index is 739. The molecule has 0 radical (unpaired) electrons. The van der Waals surface area contributed by atoms with Crippen molar-refractivity contribution in [3.05, 3.63) is 64.7 Å². The van der Waals surface area contributed by atoms with Gasteiger partial charge in [0, 0.05) is 30.4 Å². The van der Waals surface area contributed by atoms with Crippen LogP contribution in [0.4, 0.5) is 5.69 Å². The van der Waals surface area contributed by atoms with E-state index in [9.17, 15) is 9.90 Å². The van der Waals surface area contributed by atoms with Gasteiger partial charge in [0.15, 0.2) is 0 Å². The molecule has 25 heavy (non-hydrogen) atoms. The second kappa shape index (κ2) is 7.81. The van der Waals surface area contributed by atoms with Crippen LogP contribution in [0.1, 0.15) is 46.8 Å². The molecule has 2 aromatic carbocycles. The average Bonchev–Trinajstić information content (AvgIpc) is 2.98. The van der Waals surface area contributed by atoms with Crippen LogP contribution in [0, 0.1) is 0 Å². The van der Waals surface area contributed by atoms with Crippen LogP contribution in [0.5, 0.6) is 0 Å². The van der Waals surface area contributed by atoms with E-state index in [1.807, 2.05) is 49.1 Å². The van der Waals surface area contributed by atoms with Gasteiger partial charge in [0.05, 0.1) is 13.2 Å². The molecule has 0 aromatic heterocycles. The minimum atomic E-state index is 0.0521. The first-order chi connectivity index (χ1) is 12.1. The molecule has 0 saturated carbocycles. The van der Waals surface area contributed by atoms with Crippen molar-refractivity contribution in [3.8, 4) is 0 Å². The van der Waals surface area contributed by atoms with E-state index in [4.69, 9.17) is 4.74 Å². The van der Waals surface area contributed by atoms with Gasteiger partial charge in [-0.3, -0.25) is 4.79 Å². The van der Waals surface area contributed by atoms with Crippen LogP contribution in [-0.4, -0.2) is 30.8 Å². The second-order valence-corrected chi connectivity index (χ2v) is 6.50. The molecular formula is C21H25NO3. The van der Waals surface area contributed by atoms with Crippen LogP contribution in [0.3, 0.4) is 0 Å². The van der Waals surface area contributed by atoms with Crippen LogP contribution >= 0.6 is 0 Å².